The predicted molar refractivity (Wildman–Crippen MR) is 140 cm³/mol. The molecule has 10 heteroatoms. The van der Waals surface area contributed by atoms with E-state index >= 15 is 0 Å². The van der Waals surface area contributed by atoms with Gasteiger partial charge in [-0.05, 0) is 56.0 Å². The first kappa shape index (κ1) is 27.9. The van der Waals surface area contributed by atoms with Crippen molar-refractivity contribution in [3.05, 3.63) is 64.9 Å². The van der Waals surface area contributed by atoms with Crippen LogP contribution in [0.25, 0.3) is 0 Å². The van der Waals surface area contributed by atoms with E-state index in [2.05, 4.69) is 5.32 Å². The standard InChI is InChI=1S/C26H33ClFN3O4S/c1-19(26(33)29-22-11-3-4-12-22)30(18-20-9-7-10-21(27)17-20)25(32)15-8-16-31(36(2,34)35)24-14-6-5-13-23(24)28/h5-7,9-10,13-14,17,19,22H,3-4,8,11-12,15-16,18H2,1-2H3,(H,29,33)/t19-/m1/s1. The van der Waals surface area contributed by atoms with E-state index < -0.39 is 21.9 Å². The van der Waals surface area contributed by atoms with Gasteiger partial charge in [0, 0.05) is 30.6 Å². The van der Waals surface area contributed by atoms with E-state index in [1.54, 1.807) is 31.2 Å². The molecule has 0 heterocycles. The highest BCUT2D eigenvalue weighted by Gasteiger charge is 2.29. The molecule has 1 aliphatic rings. The van der Waals surface area contributed by atoms with Crippen molar-refractivity contribution in [3.8, 4) is 0 Å². The maximum atomic E-state index is 14.3. The highest BCUT2D eigenvalue weighted by molar-refractivity contribution is 7.92. The van der Waals surface area contributed by atoms with Gasteiger partial charge in [-0.25, -0.2) is 12.8 Å². The molecule has 196 valence electrons. The van der Waals surface area contributed by atoms with Crippen LogP contribution in [0.2, 0.25) is 5.02 Å². The molecular weight excluding hydrogens is 505 g/mol. The fourth-order valence-electron chi connectivity index (χ4n) is 4.44. The van der Waals surface area contributed by atoms with Crippen molar-refractivity contribution in [1.29, 1.82) is 0 Å². The van der Waals surface area contributed by atoms with Gasteiger partial charge >= 0.3 is 0 Å². The summed E-state index contributed by atoms with van der Waals surface area (Å²) in [5.41, 5.74) is 0.716. The lowest BCUT2D eigenvalue weighted by Crippen LogP contribution is -2.49. The normalized spacial score (nSPS) is 14.9. The third-order valence-corrected chi connectivity index (χ3v) is 7.80. The quantitative estimate of drug-likeness (QED) is 0.457. The molecule has 2 amide bonds. The maximum absolute atomic E-state index is 14.3. The second-order valence-corrected chi connectivity index (χ2v) is 11.6. The molecule has 0 unspecified atom stereocenters. The summed E-state index contributed by atoms with van der Waals surface area (Å²) in [6.45, 7) is 1.80. The molecule has 0 bridgehead atoms. The lowest BCUT2D eigenvalue weighted by Gasteiger charge is -2.30. The molecule has 2 aromatic rings. The Balaban J connectivity index is 1.72. The average Bonchev–Trinajstić information content (AvgIpc) is 3.33. The molecular formula is C26H33ClFN3O4S. The fraction of sp³-hybridized carbons (Fsp3) is 0.462. The van der Waals surface area contributed by atoms with Gasteiger partial charge in [0.05, 0.1) is 11.9 Å². The summed E-state index contributed by atoms with van der Waals surface area (Å²) in [5, 5.41) is 3.57. The van der Waals surface area contributed by atoms with Crippen molar-refractivity contribution in [2.45, 2.75) is 64.1 Å². The monoisotopic (exact) mass is 537 g/mol. The highest BCUT2D eigenvalue weighted by Crippen LogP contribution is 2.23. The van der Waals surface area contributed by atoms with Crippen molar-refractivity contribution >= 4 is 39.1 Å². The number of halogens is 2. The van der Waals surface area contributed by atoms with Crippen LogP contribution in [0.3, 0.4) is 0 Å². The van der Waals surface area contributed by atoms with Crippen LogP contribution in [0, 0.1) is 5.82 Å². The zero-order chi connectivity index (χ0) is 26.3. The number of hydrogen-bond acceptors (Lipinski definition) is 4. The van der Waals surface area contributed by atoms with Crippen molar-refractivity contribution in [3.63, 3.8) is 0 Å². The summed E-state index contributed by atoms with van der Waals surface area (Å²) in [4.78, 5) is 27.8. The molecule has 1 atom stereocenters. The van der Waals surface area contributed by atoms with Crippen LogP contribution in [0.5, 0.6) is 0 Å². The van der Waals surface area contributed by atoms with Gasteiger partial charge in [-0.1, -0.05) is 48.7 Å². The number of anilines is 1. The van der Waals surface area contributed by atoms with Crippen molar-refractivity contribution < 1.29 is 22.4 Å². The predicted octanol–water partition coefficient (Wildman–Crippen LogP) is 4.50. The molecule has 1 fully saturated rings. The minimum atomic E-state index is -3.77. The number of carbonyl (C=O) groups is 2. The number of carbonyl (C=O) groups excluding carboxylic acids is 2. The number of rotatable bonds is 11. The summed E-state index contributed by atoms with van der Waals surface area (Å²) in [6.07, 6.45) is 5.15. The van der Waals surface area contributed by atoms with Crippen molar-refractivity contribution in [2.24, 2.45) is 0 Å². The number of benzene rings is 2. The van der Waals surface area contributed by atoms with Crippen LogP contribution in [0.1, 0.15) is 51.0 Å². The first-order chi connectivity index (χ1) is 17.1. The van der Waals surface area contributed by atoms with Crippen LogP contribution < -0.4 is 9.62 Å². The SMILES string of the molecule is C[C@H](C(=O)NC1CCCC1)N(Cc1cccc(Cl)c1)C(=O)CCCN(c1ccccc1F)S(C)(=O)=O. The summed E-state index contributed by atoms with van der Waals surface area (Å²) in [7, 11) is -3.77. The van der Waals surface area contributed by atoms with Gasteiger partial charge in [-0.3, -0.25) is 13.9 Å². The van der Waals surface area contributed by atoms with E-state index in [1.165, 1.54) is 23.1 Å². The van der Waals surface area contributed by atoms with Crippen molar-refractivity contribution in [1.82, 2.24) is 10.2 Å². The van der Waals surface area contributed by atoms with Gasteiger partial charge in [0.1, 0.15) is 11.9 Å². The van der Waals surface area contributed by atoms with Crippen LogP contribution >= 0.6 is 11.6 Å². The number of para-hydroxylation sites is 1. The Bertz CT molecular complexity index is 1170. The molecule has 0 saturated heterocycles. The van der Waals surface area contributed by atoms with Crippen LogP contribution in [-0.4, -0.2) is 50.0 Å². The van der Waals surface area contributed by atoms with Gasteiger partial charge in [0.25, 0.3) is 0 Å². The highest BCUT2D eigenvalue weighted by atomic mass is 35.5. The number of nitrogens with zero attached hydrogens (tertiary/aromatic N) is 2. The Morgan fingerprint density at radius 3 is 2.47 bits per heavy atom. The first-order valence-electron chi connectivity index (χ1n) is 12.1. The van der Waals surface area contributed by atoms with Crippen LogP contribution in [-0.2, 0) is 26.2 Å². The Hall–Kier alpha value is -2.65. The molecule has 0 aliphatic heterocycles. The summed E-state index contributed by atoms with van der Waals surface area (Å²) in [6, 6.07) is 12.1. The van der Waals surface area contributed by atoms with Gasteiger partial charge in [-0.15, -0.1) is 0 Å². The summed E-state index contributed by atoms with van der Waals surface area (Å²) >= 11 is 6.12. The molecule has 0 radical (unpaired) electrons. The average molecular weight is 538 g/mol. The van der Waals surface area contributed by atoms with Gasteiger partial charge in [-0.2, -0.15) is 0 Å². The molecule has 1 aliphatic carbocycles. The fourth-order valence-corrected chi connectivity index (χ4v) is 5.62. The van der Waals surface area contributed by atoms with Crippen LogP contribution in [0.4, 0.5) is 10.1 Å². The van der Waals surface area contributed by atoms with E-state index in [1.807, 2.05) is 6.07 Å². The Kier molecular flexibility index (Phi) is 9.73. The Labute approximate surface area is 217 Å². The lowest BCUT2D eigenvalue weighted by atomic mass is 10.1. The molecule has 0 spiro atoms. The zero-order valence-corrected chi connectivity index (χ0v) is 22.2. The molecule has 7 nitrogen and oxygen atoms in total. The summed E-state index contributed by atoms with van der Waals surface area (Å²) in [5.74, 6) is -1.18. The van der Waals surface area contributed by atoms with Gasteiger partial charge < -0.3 is 10.2 Å². The van der Waals surface area contributed by atoms with E-state index in [9.17, 15) is 22.4 Å². The summed E-state index contributed by atoms with van der Waals surface area (Å²) < 4.78 is 39.9. The minimum absolute atomic E-state index is 0.0118. The van der Waals surface area contributed by atoms with E-state index in [0.29, 0.717) is 5.02 Å². The second-order valence-electron chi connectivity index (χ2n) is 9.21. The molecule has 1 N–H and O–H groups in total. The molecule has 0 aromatic heterocycles. The van der Waals surface area contributed by atoms with Crippen LogP contribution in [0.15, 0.2) is 48.5 Å². The third kappa shape index (κ3) is 7.67. The third-order valence-electron chi connectivity index (χ3n) is 6.38. The topological polar surface area (TPSA) is 86.8 Å². The Morgan fingerprint density at radius 2 is 1.83 bits per heavy atom. The lowest BCUT2D eigenvalue weighted by molar-refractivity contribution is -0.141. The van der Waals surface area contributed by atoms with Crippen molar-refractivity contribution in [2.75, 3.05) is 17.1 Å². The smallest absolute Gasteiger partial charge is 0.242 e. The number of nitrogens with one attached hydrogen (secondary N) is 1. The maximum Gasteiger partial charge on any atom is 0.242 e. The molecule has 3 rings (SSSR count). The zero-order valence-electron chi connectivity index (χ0n) is 20.6. The number of amides is 2. The van der Waals surface area contributed by atoms with Gasteiger partial charge in [0.15, 0.2) is 0 Å². The minimum Gasteiger partial charge on any atom is -0.352 e. The van der Waals surface area contributed by atoms with E-state index in [-0.39, 0.29) is 49.5 Å². The van der Waals surface area contributed by atoms with E-state index in [0.717, 1.165) is 41.8 Å². The molecule has 36 heavy (non-hydrogen) atoms. The van der Waals surface area contributed by atoms with Gasteiger partial charge in [0.2, 0.25) is 21.8 Å². The molecule has 1 saturated carbocycles. The van der Waals surface area contributed by atoms with E-state index in [4.69, 9.17) is 11.6 Å². The number of hydrogen-bond donors (Lipinski definition) is 1. The second kappa shape index (κ2) is 12.5. The largest absolute Gasteiger partial charge is 0.352 e. The Morgan fingerprint density at radius 1 is 1.14 bits per heavy atom. The number of sulfonamides is 1. The molecule has 2 aromatic carbocycles. The first-order valence-corrected chi connectivity index (χ1v) is 14.4.